The standard InChI is InChI=1S/C25H32N2O2/c28-24-22-14-10-11-15-23(22)25(29)27(24)20-12-8-6-4-2-1-3-5-7-9-13-21-16-18-26-19-17-21/h10-11,14-19H,1-9,12-13,20H2. The fourth-order valence-corrected chi connectivity index (χ4v) is 4.00. The van der Waals surface area contributed by atoms with Gasteiger partial charge in [0.2, 0.25) is 0 Å². The van der Waals surface area contributed by atoms with Crippen LogP contribution in [0.15, 0.2) is 48.8 Å². The van der Waals surface area contributed by atoms with Crippen LogP contribution in [0.4, 0.5) is 0 Å². The van der Waals surface area contributed by atoms with Crippen molar-refractivity contribution in [2.45, 2.75) is 70.6 Å². The molecule has 0 spiro atoms. The molecule has 0 radical (unpaired) electrons. The topological polar surface area (TPSA) is 50.3 Å². The molecule has 1 aliphatic rings. The maximum absolute atomic E-state index is 12.3. The van der Waals surface area contributed by atoms with Gasteiger partial charge in [0.15, 0.2) is 0 Å². The third-order valence-electron chi connectivity index (χ3n) is 5.72. The maximum Gasteiger partial charge on any atom is 0.261 e. The van der Waals surface area contributed by atoms with E-state index in [1.54, 1.807) is 12.1 Å². The summed E-state index contributed by atoms with van der Waals surface area (Å²) in [5.74, 6) is -0.260. The fraction of sp³-hybridized carbons (Fsp3) is 0.480. The van der Waals surface area contributed by atoms with E-state index in [1.807, 2.05) is 24.5 Å². The first kappa shape index (κ1) is 21.2. The van der Waals surface area contributed by atoms with Crippen LogP contribution in [0.3, 0.4) is 0 Å². The molecule has 0 fully saturated rings. The van der Waals surface area contributed by atoms with Crippen molar-refractivity contribution >= 4 is 11.8 Å². The van der Waals surface area contributed by atoms with Crippen LogP contribution in [0.25, 0.3) is 0 Å². The molecule has 0 atom stereocenters. The van der Waals surface area contributed by atoms with Crippen molar-refractivity contribution in [2.75, 3.05) is 6.54 Å². The van der Waals surface area contributed by atoms with Crippen LogP contribution >= 0.6 is 0 Å². The van der Waals surface area contributed by atoms with Gasteiger partial charge in [-0.05, 0) is 49.1 Å². The molecule has 1 aliphatic heterocycles. The molecule has 0 saturated carbocycles. The van der Waals surface area contributed by atoms with Crippen molar-refractivity contribution in [3.05, 3.63) is 65.5 Å². The highest BCUT2D eigenvalue weighted by molar-refractivity contribution is 6.21. The van der Waals surface area contributed by atoms with Gasteiger partial charge in [-0.1, -0.05) is 63.5 Å². The van der Waals surface area contributed by atoms with E-state index in [0.717, 1.165) is 19.3 Å². The first-order valence-electron chi connectivity index (χ1n) is 11.1. The van der Waals surface area contributed by atoms with Gasteiger partial charge in [0.1, 0.15) is 0 Å². The van der Waals surface area contributed by atoms with Crippen molar-refractivity contribution in [3.63, 3.8) is 0 Å². The number of carbonyl (C=O) groups excluding carboxylic acids is 2. The van der Waals surface area contributed by atoms with Crippen molar-refractivity contribution in [2.24, 2.45) is 0 Å². The summed E-state index contributed by atoms with van der Waals surface area (Å²) in [4.78, 5) is 30.1. The van der Waals surface area contributed by atoms with Crippen LogP contribution in [-0.2, 0) is 6.42 Å². The predicted molar refractivity (Wildman–Crippen MR) is 116 cm³/mol. The summed E-state index contributed by atoms with van der Waals surface area (Å²) in [5, 5.41) is 0. The smallest absolute Gasteiger partial charge is 0.261 e. The highest BCUT2D eigenvalue weighted by atomic mass is 16.2. The number of nitrogens with zero attached hydrogens (tertiary/aromatic N) is 2. The molecule has 4 heteroatoms. The SMILES string of the molecule is O=C1c2ccccc2C(=O)N1CCCCCCCCCCCCc1ccncc1. The lowest BCUT2D eigenvalue weighted by atomic mass is 10.0. The number of amides is 2. The van der Waals surface area contributed by atoms with Gasteiger partial charge in [-0.25, -0.2) is 0 Å². The Bertz CT molecular complexity index is 753. The van der Waals surface area contributed by atoms with E-state index in [-0.39, 0.29) is 11.8 Å². The molecule has 4 nitrogen and oxygen atoms in total. The number of hydrogen-bond donors (Lipinski definition) is 0. The van der Waals surface area contributed by atoms with Gasteiger partial charge in [0.25, 0.3) is 11.8 Å². The Morgan fingerprint density at radius 2 is 1.10 bits per heavy atom. The lowest BCUT2D eigenvalue weighted by Gasteiger charge is -2.13. The van der Waals surface area contributed by atoms with Crippen molar-refractivity contribution < 1.29 is 9.59 Å². The molecular weight excluding hydrogens is 360 g/mol. The summed E-state index contributed by atoms with van der Waals surface area (Å²) in [6.45, 7) is 0.545. The normalized spacial score (nSPS) is 13.2. The Kier molecular flexibility index (Phi) is 8.41. The van der Waals surface area contributed by atoms with E-state index in [2.05, 4.69) is 17.1 Å². The molecule has 2 heterocycles. The van der Waals surface area contributed by atoms with Gasteiger partial charge in [-0.2, -0.15) is 0 Å². The lowest BCUT2D eigenvalue weighted by Crippen LogP contribution is -2.30. The molecule has 0 aliphatic carbocycles. The van der Waals surface area contributed by atoms with Gasteiger partial charge in [0.05, 0.1) is 11.1 Å². The van der Waals surface area contributed by atoms with Gasteiger partial charge in [-0.3, -0.25) is 19.5 Å². The number of rotatable bonds is 13. The number of aryl methyl sites for hydroxylation is 1. The molecule has 154 valence electrons. The number of unbranched alkanes of at least 4 members (excludes halogenated alkanes) is 9. The van der Waals surface area contributed by atoms with Crippen molar-refractivity contribution in [1.82, 2.24) is 9.88 Å². The van der Waals surface area contributed by atoms with Gasteiger partial charge >= 0.3 is 0 Å². The van der Waals surface area contributed by atoms with Crippen LogP contribution in [0, 0.1) is 0 Å². The number of aromatic nitrogens is 1. The zero-order valence-electron chi connectivity index (χ0n) is 17.3. The molecule has 2 amide bonds. The first-order chi connectivity index (χ1) is 14.3. The molecule has 2 aromatic rings. The molecule has 29 heavy (non-hydrogen) atoms. The highest BCUT2D eigenvalue weighted by Gasteiger charge is 2.34. The molecular formula is C25H32N2O2. The zero-order valence-corrected chi connectivity index (χ0v) is 17.3. The number of imide groups is 1. The first-order valence-corrected chi connectivity index (χ1v) is 11.1. The summed E-state index contributed by atoms with van der Waals surface area (Å²) in [7, 11) is 0. The maximum atomic E-state index is 12.3. The average molecular weight is 393 g/mol. The Morgan fingerprint density at radius 3 is 1.66 bits per heavy atom. The van der Waals surface area contributed by atoms with Crippen LogP contribution in [0.5, 0.6) is 0 Å². The van der Waals surface area contributed by atoms with E-state index in [0.29, 0.717) is 17.7 Å². The highest BCUT2D eigenvalue weighted by Crippen LogP contribution is 2.23. The third kappa shape index (κ3) is 6.25. The van der Waals surface area contributed by atoms with Gasteiger partial charge < -0.3 is 0 Å². The van der Waals surface area contributed by atoms with Crippen LogP contribution in [0.2, 0.25) is 0 Å². The molecule has 0 bridgehead atoms. The molecule has 3 rings (SSSR count). The van der Waals surface area contributed by atoms with E-state index < -0.39 is 0 Å². The monoisotopic (exact) mass is 392 g/mol. The Balaban J connectivity index is 1.15. The molecule has 0 saturated heterocycles. The van der Waals surface area contributed by atoms with Crippen molar-refractivity contribution in [1.29, 1.82) is 0 Å². The number of benzene rings is 1. The number of pyridine rings is 1. The minimum atomic E-state index is -0.130. The minimum absolute atomic E-state index is 0.130. The summed E-state index contributed by atoms with van der Waals surface area (Å²) in [5.41, 5.74) is 2.50. The Hall–Kier alpha value is -2.49. The lowest BCUT2D eigenvalue weighted by molar-refractivity contribution is 0.0651. The van der Waals surface area contributed by atoms with E-state index in [4.69, 9.17) is 0 Å². The Labute approximate surface area is 174 Å². The van der Waals surface area contributed by atoms with Crippen LogP contribution in [0.1, 0.15) is 90.5 Å². The third-order valence-corrected chi connectivity index (χ3v) is 5.72. The van der Waals surface area contributed by atoms with E-state index in [9.17, 15) is 9.59 Å². The second kappa shape index (κ2) is 11.5. The molecule has 0 unspecified atom stereocenters. The number of fused-ring (bicyclic) bond motifs is 1. The number of carbonyl (C=O) groups is 2. The van der Waals surface area contributed by atoms with Crippen LogP contribution in [-0.4, -0.2) is 28.2 Å². The molecule has 0 N–H and O–H groups in total. The minimum Gasteiger partial charge on any atom is -0.274 e. The van der Waals surface area contributed by atoms with Gasteiger partial charge in [0, 0.05) is 18.9 Å². The van der Waals surface area contributed by atoms with E-state index in [1.165, 1.54) is 61.8 Å². The van der Waals surface area contributed by atoms with Crippen LogP contribution < -0.4 is 0 Å². The molecule has 1 aromatic carbocycles. The second-order valence-electron chi connectivity index (χ2n) is 7.95. The summed E-state index contributed by atoms with van der Waals surface area (Å²) < 4.78 is 0. The average Bonchev–Trinajstić information content (AvgIpc) is 3.00. The van der Waals surface area contributed by atoms with E-state index >= 15 is 0 Å². The zero-order chi connectivity index (χ0) is 20.3. The Morgan fingerprint density at radius 1 is 0.621 bits per heavy atom. The molecule has 1 aromatic heterocycles. The quantitative estimate of drug-likeness (QED) is 0.319. The fourth-order valence-electron chi connectivity index (χ4n) is 4.00. The summed E-state index contributed by atoms with van der Waals surface area (Å²) in [6, 6.07) is 11.3. The largest absolute Gasteiger partial charge is 0.274 e. The van der Waals surface area contributed by atoms with Crippen molar-refractivity contribution in [3.8, 4) is 0 Å². The van der Waals surface area contributed by atoms with Gasteiger partial charge in [-0.15, -0.1) is 0 Å². The summed E-state index contributed by atoms with van der Waals surface area (Å²) in [6.07, 6.45) is 17.1. The second-order valence-corrected chi connectivity index (χ2v) is 7.95. The summed E-state index contributed by atoms with van der Waals surface area (Å²) >= 11 is 0. The predicted octanol–water partition coefficient (Wildman–Crippen LogP) is 5.82. The number of hydrogen-bond acceptors (Lipinski definition) is 3.